The predicted molar refractivity (Wildman–Crippen MR) is 125 cm³/mol. The summed E-state index contributed by atoms with van der Waals surface area (Å²) in [6, 6.07) is 11.0. The average Bonchev–Trinajstić information content (AvgIpc) is 3.34. The first-order valence-electron chi connectivity index (χ1n) is 11.0. The first-order valence-corrected chi connectivity index (χ1v) is 11.0. The summed E-state index contributed by atoms with van der Waals surface area (Å²) in [5, 5.41) is 26.8. The second kappa shape index (κ2) is 9.48. The van der Waals surface area contributed by atoms with Gasteiger partial charge in [-0.15, -0.1) is 15.3 Å². The Bertz CT molecular complexity index is 1040. The van der Waals surface area contributed by atoms with Crippen LogP contribution in [0.5, 0.6) is 11.6 Å². The number of phenols is 1. The van der Waals surface area contributed by atoms with Crippen LogP contribution in [0.1, 0.15) is 39.0 Å². The molecule has 3 N–H and O–H groups in total. The van der Waals surface area contributed by atoms with Crippen molar-refractivity contribution in [2.24, 2.45) is 5.73 Å². The molecule has 1 aromatic carbocycles. The smallest absolute Gasteiger partial charge is 0.233 e. The van der Waals surface area contributed by atoms with Crippen molar-refractivity contribution in [2.75, 3.05) is 25.1 Å². The van der Waals surface area contributed by atoms with Crippen LogP contribution < -0.4 is 15.4 Å². The van der Waals surface area contributed by atoms with Gasteiger partial charge < -0.3 is 20.5 Å². The van der Waals surface area contributed by atoms with Gasteiger partial charge in [-0.05, 0) is 68.9 Å². The number of rotatable bonds is 4. The van der Waals surface area contributed by atoms with E-state index >= 15 is 0 Å². The molecule has 0 spiro atoms. The molecule has 0 bridgehead atoms. The van der Waals surface area contributed by atoms with Crippen molar-refractivity contribution >= 4 is 5.82 Å². The van der Waals surface area contributed by atoms with Crippen LogP contribution in [0.25, 0.3) is 22.4 Å². The van der Waals surface area contributed by atoms with Gasteiger partial charge in [0.05, 0.1) is 19.0 Å². The van der Waals surface area contributed by atoms with Gasteiger partial charge in [0.1, 0.15) is 5.75 Å². The molecule has 0 atom stereocenters. The molecule has 1 aliphatic heterocycles. The van der Waals surface area contributed by atoms with E-state index in [1.165, 1.54) is 32.1 Å². The maximum atomic E-state index is 10.5. The lowest BCUT2D eigenvalue weighted by Crippen LogP contribution is -2.42. The number of ether oxygens (including phenoxy) is 1. The van der Waals surface area contributed by atoms with Crippen molar-refractivity contribution in [3.63, 3.8) is 0 Å². The Morgan fingerprint density at radius 3 is 2.28 bits per heavy atom. The molecule has 2 aromatic heterocycles. The minimum atomic E-state index is 0.140. The van der Waals surface area contributed by atoms with E-state index in [1.54, 1.807) is 25.4 Å². The zero-order valence-corrected chi connectivity index (χ0v) is 18.7. The highest BCUT2D eigenvalue weighted by Gasteiger charge is 2.25. The van der Waals surface area contributed by atoms with Crippen LogP contribution >= 0.6 is 0 Å². The third kappa shape index (κ3) is 5.13. The fourth-order valence-corrected chi connectivity index (χ4v) is 3.85. The van der Waals surface area contributed by atoms with Gasteiger partial charge in [0.25, 0.3) is 0 Å². The number of aromatic hydroxyl groups is 1. The standard InChI is InChI=1S/C19H19N5O2.C5H11N/c1-26-19-11-14(12-20-23-19)13-4-5-15(17(25)10-13)16-6-7-18(22-21-16)24-8-2-3-9-24;1-5(6)3-2-4-5/h4-7,10-12,25H,2-3,8-9H2,1H3;2-4,6H2,1H3. The van der Waals surface area contributed by atoms with Gasteiger partial charge in [-0.1, -0.05) is 6.07 Å². The van der Waals surface area contributed by atoms with Gasteiger partial charge in [-0.2, -0.15) is 5.10 Å². The van der Waals surface area contributed by atoms with Crippen molar-refractivity contribution in [2.45, 2.75) is 44.6 Å². The summed E-state index contributed by atoms with van der Waals surface area (Å²) in [6.45, 7) is 4.16. The minimum absolute atomic E-state index is 0.140. The normalized spacial score (nSPS) is 16.7. The van der Waals surface area contributed by atoms with E-state index in [0.29, 0.717) is 17.1 Å². The van der Waals surface area contributed by atoms with Gasteiger partial charge in [0, 0.05) is 35.8 Å². The number of nitrogens with zero attached hydrogens (tertiary/aromatic N) is 5. The Morgan fingerprint density at radius 1 is 0.969 bits per heavy atom. The number of benzene rings is 1. The number of hydrogen-bond acceptors (Lipinski definition) is 8. The lowest BCUT2D eigenvalue weighted by molar-refractivity contribution is 0.277. The summed E-state index contributed by atoms with van der Waals surface area (Å²) in [4.78, 5) is 2.23. The van der Waals surface area contributed by atoms with Crippen molar-refractivity contribution in [1.82, 2.24) is 20.4 Å². The van der Waals surface area contributed by atoms with Crippen LogP contribution in [0.15, 0.2) is 42.6 Å². The maximum Gasteiger partial charge on any atom is 0.233 e. The fraction of sp³-hybridized carbons (Fsp3) is 0.417. The van der Waals surface area contributed by atoms with Gasteiger partial charge in [0.2, 0.25) is 5.88 Å². The van der Waals surface area contributed by atoms with Crippen LogP contribution in [-0.2, 0) is 0 Å². The number of nitrogens with two attached hydrogens (primary N) is 1. The quantitative estimate of drug-likeness (QED) is 0.638. The molecule has 3 heterocycles. The van der Waals surface area contributed by atoms with Crippen molar-refractivity contribution in [1.29, 1.82) is 0 Å². The number of methoxy groups -OCH3 is 1. The van der Waals surface area contributed by atoms with Gasteiger partial charge in [0.15, 0.2) is 5.82 Å². The van der Waals surface area contributed by atoms with E-state index in [4.69, 9.17) is 10.5 Å². The summed E-state index contributed by atoms with van der Waals surface area (Å²) in [6.07, 6.45) is 7.81. The molecule has 5 rings (SSSR count). The van der Waals surface area contributed by atoms with Crippen LogP contribution in [0.4, 0.5) is 5.82 Å². The lowest BCUT2D eigenvalue weighted by atomic mass is 9.80. The summed E-state index contributed by atoms with van der Waals surface area (Å²) >= 11 is 0. The van der Waals surface area contributed by atoms with Crippen molar-refractivity contribution in [3.8, 4) is 34.0 Å². The molecule has 1 saturated heterocycles. The fourth-order valence-electron chi connectivity index (χ4n) is 3.85. The Balaban J connectivity index is 0.000000354. The highest BCUT2D eigenvalue weighted by molar-refractivity contribution is 5.74. The third-order valence-electron chi connectivity index (χ3n) is 6.02. The summed E-state index contributed by atoms with van der Waals surface area (Å²) in [5.74, 6) is 1.45. The number of hydrogen-bond donors (Lipinski definition) is 2. The van der Waals surface area contributed by atoms with E-state index in [9.17, 15) is 5.11 Å². The number of anilines is 1. The predicted octanol–water partition coefficient (Wildman–Crippen LogP) is 3.80. The molecule has 8 heteroatoms. The molecule has 1 saturated carbocycles. The Morgan fingerprint density at radius 2 is 1.72 bits per heavy atom. The zero-order chi connectivity index (χ0) is 22.6. The number of aromatic nitrogens is 4. The summed E-state index contributed by atoms with van der Waals surface area (Å²) in [5.41, 5.74) is 8.76. The highest BCUT2D eigenvalue weighted by atomic mass is 16.5. The van der Waals surface area contributed by atoms with Crippen LogP contribution in [0.2, 0.25) is 0 Å². The summed E-state index contributed by atoms with van der Waals surface area (Å²) < 4.78 is 5.09. The van der Waals surface area contributed by atoms with Gasteiger partial charge >= 0.3 is 0 Å². The first kappa shape index (κ1) is 22.0. The SMILES string of the molecule is CC1(N)CCC1.COc1cc(-c2ccc(-c3ccc(N4CCCC4)nn3)c(O)c2)cnn1. The average molecular weight is 435 g/mol. The minimum Gasteiger partial charge on any atom is -0.507 e. The van der Waals surface area contributed by atoms with Crippen LogP contribution in [0.3, 0.4) is 0 Å². The first-order chi connectivity index (χ1) is 15.4. The Labute approximate surface area is 188 Å². The molecule has 0 radical (unpaired) electrons. The Hall–Kier alpha value is -3.26. The van der Waals surface area contributed by atoms with Crippen LogP contribution in [0, 0.1) is 0 Å². The largest absolute Gasteiger partial charge is 0.507 e. The third-order valence-corrected chi connectivity index (χ3v) is 6.02. The van der Waals surface area contributed by atoms with Crippen molar-refractivity contribution in [3.05, 3.63) is 42.6 Å². The van der Waals surface area contributed by atoms with E-state index in [0.717, 1.165) is 30.0 Å². The Kier molecular flexibility index (Phi) is 6.50. The van der Waals surface area contributed by atoms with Crippen LogP contribution in [-0.4, -0.2) is 51.2 Å². The highest BCUT2D eigenvalue weighted by Crippen LogP contribution is 2.33. The van der Waals surface area contributed by atoms with E-state index in [-0.39, 0.29) is 11.3 Å². The molecule has 32 heavy (non-hydrogen) atoms. The molecular formula is C24H30N6O2. The van der Waals surface area contributed by atoms with Gasteiger partial charge in [-0.3, -0.25) is 0 Å². The zero-order valence-electron chi connectivity index (χ0n) is 18.7. The molecule has 168 valence electrons. The molecule has 0 amide bonds. The molecule has 8 nitrogen and oxygen atoms in total. The van der Waals surface area contributed by atoms with E-state index in [1.807, 2.05) is 24.3 Å². The number of phenolic OH excluding ortho intramolecular Hbond substituents is 1. The molecule has 1 aliphatic carbocycles. The molecule has 2 fully saturated rings. The molecular weight excluding hydrogens is 404 g/mol. The van der Waals surface area contributed by atoms with E-state index < -0.39 is 0 Å². The molecule has 0 unspecified atom stereocenters. The maximum absolute atomic E-state index is 10.5. The monoisotopic (exact) mass is 434 g/mol. The van der Waals surface area contributed by atoms with Gasteiger partial charge in [-0.25, -0.2) is 0 Å². The topological polar surface area (TPSA) is 110 Å². The second-order valence-electron chi connectivity index (χ2n) is 8.70. The second-order valence-corrected chi connectivity index (χ2v) is 8.70. The summed E-state index contributed by atoms with van der Waals surface area (Å²) in [7, 11) is 1.54. The van der Waals surface area contributed by atoms with E-state index in [2.05, 4.69) is 32.2 Å². The molecule has 2 aliphatic rings. The van der Waals surface area contributed by atoms with Crippen molar-refractivity contribution < 1.29 is 9.84 Å². The molecule has 3 aromatic rings. The lowest BCUT2D eigenvalue weighted by Gasteiger charge is -2.33.